The molecule has 0 aromatic carbocycles. The van der Waals surface area contributed by atoms with E-state index >= 15 is 0 Å². The van der Waals surface area contributed by atoms with E-state index in [1.807, 2.05) is 0 Å². The number of carboxylic acids is 2. The van der Waals surface area contributed by atoms with E-state index in [9.17, 15) is 9.59 Å². The molecular formula is C4H9KO5. The quantitative estimate of drug-likeness (QED) is 0.331. The molecule has 0 aliphatic rings. The van der Waals surface area contributed by atoms with Crippen molar-refractivity contribution in [2.75, 3.05) is 0 Å². The van der Waals surface area contributed by atoms with Crippen LogP contribution >= 0.6 is 0 Å². The molecule has 0 radical (unpaired) electrons. The Morgan fingerprint density at radius 3 is 1.50 bits per heavy atom. The van der Waals surface area contributed by atoms with Crippen molar-refractivity contribution in [3.63, 3.8) is 0 Å². The van der Waals surface area contributed by atoms with Crippen LogP contribution in [0.1, 0.15) is 8.35 Å². The Bertz CT molecular complexity index is 114. The maximum atomic E-state index is 9.76. The van der Waals surface area contributed by atoms with Gasteiger partial charge in [0.25, 0.3) is 0 Å². The van der Waals surface area contributed by atoms with Gasteiger partial charge in [-0.2, -0.15) is 0 Å². The maximum absolute atomic E-state index is 9.76. The van der Waals surface area contributed by atoms with Gasteiger partial charge >= 0.3 is 63.3 Å². The zero-order chi connectivity index (χ0) is 6.73. The van der Waals surface area contributed by atoms with Gasteiger partial charge in [-0.25, -0.2) is 0 Å². The monoisotopic (exact) mass is 176 g/mol. The molecule has 0 heterocycles. The second kappa shape index (κ2) is 7.64. The van der Waals surface area contributed by atoms with E-state index in [1.165, 1.54) is 0 Å². The summed E-state index contributed by atoms with van der Waals surface area (Å²) in [5.74, 6) is -3.91. The number of carbonyl (C=O) groups is 2. The number of rotatable bonds is 2. The summed E-state index contributed by atoms with van der Waals surface area (Å²) in [4.78, 5) is 19.5. The fourth-order valence-corrected chi connectivity index (χ4v) is 0.106. The van der Waals surface area contributed by atoms with Gasteiger partial charge in [0.05, 0.1) is 0 Å². The molecule has 0 amide bonds. The average molecular weight is 176 g/mol. The van der Waals surface area contributed by atoms with Crippen LogP contribution in [0.4, 0.5) is 0 Å². The van der Waals surface area contributed by atoms with E-state index in [2.05, 4.69) is 0 Å². The topological polar surface area (TPSA) is 106 Å². The van der Waals surface area contributed by atoms with Crippen molar-refractivity contribution in [3.05, 3.63) is 0 Å². The Labute approximate surface area is 102 Å². The van der Waals surface area contributed by atoms with Gasteiger partial charge in [0.1, 0.15) is 0 Å². The summed E-state index contributed by atoms with van der Waals surface area (Å²) < 4.78 is 0. The smallest absolute Gasteiger partial charge is 1.00 e. The molecule has 0 spiro atoms. The van der Waals surface area contributed by atoms with Crippen LogP contribution in [0.25, 0.3) is 0 Å². The van der Waals surface area contributed by atoms with E-state index in [0.717, 1.165) is 6.92 Å². The Morgan fingerprint density at radius 1 is 1.30 bits per heavy atom. The van der Waals surface area contributed by atoms with Gasteiger partial charge in [-0.15, -0.1) is 0 Å². The van der Waals surface area contributed by atoms with Crippen LogP contribution in [-0.2, 0) is 9.59 Å². The second-order valence-corrected chi connectivity index (χ2v) is 1.40. The van der Waals surface area contributed by atoms with Crippen molar-refractivity contribution in [2.24, 2.45) is 5.92 Å². The first kappa shape index (κ1) is 16.9. The fraction of sp³-hybridized carbons (Fsp3) is 0.500. The molecule has 0 unspecified atom stereocenters. The van der Waals surface area contributed by atoms with Gasteiger partial charge in [-0.05, 0) is 6.92 Å². The van der Waals surface area contributed by atoms with Crippen LogP contribution < -0.4 is 51.4 Å². The molecular weight excluding hydrogens is 167 g/mol. The van der Waals surface area contributed by atoms with Gasteiger partial charge in [0.2, 0.25) is 0 Å². The maximum Gasteiger partial charge on any atom is 1.00 e. The summed E-state index contributed by atoms with van der Waals surface area (Å²) in [6, 6.07) is 0. The zero-order valence-electron chi connectivity index (χ0n) is 6.79. The van der Waals surface area contributed by atoms with Crippen molar-refractivity contribution < 1.29 is 78.1 Å². The number of carboxylic acid groups (broad SMARTS) is 2. The average Bonchev–Trinajstić information content (AvgIpc) is 1.64. The van der Waals surface area contributed by atoms with Crippen molar-refractivity contribution in [1.29, 1.82) is 0 Å². The van der Waals surface area contributed by atoms with Crippen LogP contribution in [0.15, 0.2) is 0 Å². The third-order valence-corrected chi connectivity index (χ3v) is 0.741. The van der Waals surface area contributed by atoms with Crippen molar-refractivity contribution in [2.45, 2.75) is 6.92 Å². The first-order chi connectivity index (χ1) is 3.55. The third-order valence-electron chi connectivity index (χ3n) is 0.741. The van der Waals surface area contributed by atoms with E-state index in [0.29, 0.717) is 0 Å². The normalized spacial score (nSPS) is 7.40. The largest absolute Gasteiger partial charge is 1.00 e. The molecule has 0 aromatic rings. The van der Waals surface area contributed by atoms with Crippen LogP contribution in [-0.4, -0.2) is 27.6 Å². The molecule has 0 rings (SSSR count). The van der Waals surface area contributed by atoms with Gasteiger partial charge in [0.15, 0.2) is 5.92 Å². The van der Waals surface area contributed by atoms with Gasteiger partial charge in [-0.1, -0.05) is 0 Å². The minimum absolute atomic E-state index is 0. The molecule has 6 heteroatoms. The molecule has 5 nitrogen and oxygen atoms in total. The van der Waals surface area contributed by atoms with Crippen molar-refractivity contribution in [3.8, 4) is 0 Å². The molecule has 4 N–H and O–H groups in total. The van der Waals surface area contributed by atoms with Crippen LogP contribution in [0.5, 0.6) is 0 Å². The number of aliphatic carboxylic acids is 2. The first-order valence-corrected chi connectivity index (χ1v) is 2.01. The van der Waals surface area contributed by atoms with Crippen molar-refractivity contribution in [1.82, 2.24) is 0 Å². The molecule has 10 heavy (non-hydrogen) atoms. The molecule has 0 saturated carbocycles. The standard InChI is InChI=1S/C4H6O4.K.H2O.H/c1-2(3(5)6)4(7)8;;;/h2H,1H3,(H,5,6)(H,7,8);;1H2;/q;+1;;-1. The molecule has 56 valence electrons. The Balaban J connectivity index is -0.0000000817. The summed E-state index contributed by atoms with van der Waals surface area (Å²) in [5.41, 5.74) is 0. The predicted octanol–water partition coefficient (Wildman–Crippen LogP) is -3.92. The Hall–Kier alpha value is 0.536. The number of hydrogen-bond donors (Lipinski definition) is 2. The first-order valence-electron chi connectivity index (χ1n) is 2.01. The molecule has 0 aliphatic carbocycles. The molecule has 0 atom stereocenters. The fourth-order valence-electron chi connectivity index (χ4n) is 0.106. The van der Waals surface area contributed by atoms with E-state index in [1.54, 1.807) is 0 Å². The number of hydrogen-bond acceptors (Lipinski definition) is 2. The minimum atomic E-state index is -1.31. The summed E-state index contributed by atoms with van der Waals surface area (Å²) in [6.07, 6.45) is 0. The molecule has 0 bridgehead atoms. The molecule has 0 saturated heterocycles. The minimum Gasteiger partial charge on any atom is -1.00 e. The van der Waals surface area contributed by atoms with Crippen molar-refractivity contribution >= 4 is 11.9 Å². The van der Waals surface area contributed by atoms with E-state index in [-0.39, 0.29) is 58.3 Å². The second-order valence-electron chi connectivity index (χ2n) is 1.40. The zero-order valence-corrected chi connectivity index (χ0v) is 8.91. The van der Waals surface area contributed by atoms with Gasteiger partial charge in [-0.3, -0.25) is 9.59 Å². The SMILES string of the molecule is CC(C(=O)O)C(=O)O.O.[H-].[K+]. The van der Waals surface area contributed by atoms with Crippen LogP contribution in [0.3, 0.4) is 0 Å². The van der Waals surface area contributed by atoms with Gasteiger partial charge < -0.3 is 17.1 Å². The molecule has 0 fully saturated rings. The third kappa shape index (κ3) is 6.65. The summed E-state index contributed by atoms with van der Waals surface area (Å²) in [7, 11) is 0. The summed E-state index contributed by atoms with van der Waals surface area (Å²) >= 11 is 0. The summed E-state index contributed by atoms with van der Waals surface area (Å²) in [5, 5.41) is 15.9. The van der Waals surface area contributed by atoms with E-state index in [4.69, 9.17) is 10.2 Å². The van der Waals surface area contributed by atoms with Crippen LogP contribution in [0, 0.1) is 5.92 Å². The molecule has 0 aromatic heterocycles. The Morgan fingerprint density at radius 2 is 1.50 bits per heavy atom. The predicted molar refractivity (Wildman–Crippen MR) is 29.2 cm³/mol. The van der Waals surface area contributed by atoms with Crippen LogP contribution in [0.2, 0.25) is 0 Å². The van der Waals surface area contributed by atoms with Gasteiger partial charge in [0, 0.05) is 0 Å². The summed E-state index contributed by atoms with van der Waals surface area (Å²) in [6.45, 7) is 1.12. The Kier molecular flexibility index (Phi) is 12.9. The van der Waals surface area contributed by atoms with E-state index < -0.39 is 17.9 Å². The molecule has 0 aliphatic heterocycles.